The number of nitrogen functional groups attached to an aromatic ring is 1. The summed E-state index contributed by atoms with van der Waals surface area (Å²) in [6.07, 6.45) is 2.18. The SMILES string of the molecule is Nc1nonc1C(=O)NCCCCCC(=O)O. The largest absolute Gasteiger partial charge is 0.481 e. The fourth-order valence-corrected chi connectivity index (χ4v) is 1.22. The molecule has 0 saturated carbocycles. The van der Waals surface area contributed by atoms with E-state index in [0.29, 0.717) is 19.4 Å². The van der Waals surface area contributed by atoms with Crippen molar-refractivity contribution in [2.24, 2.45) is 0 Å². The Morgan fingerprint density at radius 3 is 2.65 bits per heavy atom. The first kappa shape index (κ1) is 12.9. The molecule has 17 heavy (non-hydrogen) atoms. The van der Waals surface area contributed by atoms with Gasteiger partial charge < -0.3 is 16.2 Å². The number of nitrogens with one attached hydrogen (secondary N) is 1. The smallest absolute Gasteiger partial charge is 0.303 e. The van der Waals surface area contributed by atoms with Gasteiger partial charge in [0.1, 0.15) is 0 Å². The van der Waals surface area contributed by atoms with Gasteiger partial charge in [0.05, 0.1) is 0 Å². The Labute approximate surface area is 97.1 Å². The molecule has 0 bridgehead atoms. The van der Waals surface area contributed by atoms with Gasteiger partial charge in [-0.3, -0.25) is 9.59 Å². The Bertz CT molecular complexity index is 390. The molecule has 0 aliphatic heterocycles. The fraction of sp³-hybridized carbons (Fsp3) is 0.556. The van der Waals surface area contributed by atoms with Crippen LogP contribution in [0.2, 0.25) is 0 Å². The molecule has 0 atom stereocenters. The first-order chi connectivity index (χ1) is 8.11. The number of carbonyl (C=O) groups is 2. The van der Waals surface area contributed by atoms with Crippen molar-refractivity contribution in [3.8, 4) is 0 Å². The van der Waals surface area contributed by atoms with E-state index < -0.39 is 11.9 Å². The minimum atomic E-state index is -0.810. The highest BCUT2D eigenvalue weighted by Crippen LogP contribution is 2.03. The number of hydrogen-bond acceptors (Lipinski definition) is 6. The van der Waals surface area contributed by atoms with Gasteiger partial charge in [-0.05, 0) is 23.2 Å². The predicted molar refractivity (Wildman–Crippen MR) is 57.1 cm³/mol. The zero-order valence-corrected chi connectivity index (χ0v) is 9.18. The van der Waals surface area contributed by atoms with Gasteiger partial charge >= 0.3 is 5.97 Å². The van der Waals surface area contributed by atoms with Crippen molar-refractivity contribution in [1.82, 2.24) is 15.6 Å². The molecule has 1 heterocycles. The van der Waals surface area contributed by atoms with Crippen molar-refractivity contribution >= 4 is 17.7 Å². The van der Waals surface area contributed by atoms with Gasteiger partial charge in [0.15, 0.2) is 0 Å². The monoisotopic (exact) mass is 242 g/mol. The summed E-state index contributed by atoms with van der Waals surface area (Å²) in [6, 6.07) is 0. The highest BCUT2D eigenvalue weighted by atomic mass is 16.6. The number of hydrogen-bond donors (Lipinski definition) is 3. The predicted octanol–water partition coefficient (Wildman–Crippen LogP) is 0.0266. The maximum atomic E-state index is 11.4. The zero-order valence-electron chi connectivity index (χ0n) is 9.18. The number of carboxylic acids is 1. The quantitative estimate of drug-likeness (QED) is 0.574. The Balaban J connectivity index is 2.13. The molecular weight excluding hydrogens is 228 g/mol. The third-order valence-electron chi connectivity index (χ3n) is 2.08. The topological polar surface area (TPSA) is 131 Å². The van der Waals surface area contributed by atoms with Crippen molar-refractivity contribution in [2.45, 2.75) is 25.7 Å². The molecule has 8 heteroatoms. The molecule has 1 aromatic rings. The number of aromatic nitrogens is 2. The molecule has 8 nitrogen and oxygen atoms in total. The third-order valence-corrected chi connectivity index (χ3v) is 2.08. The van der Waals surface area contributed by atoms with Crippen molar-refractivity contribution in [3.63, 3.8) is 0 Å². The van der Waals surface area contributed by atoms with Crippen LogP contribution in [0.5, 0.6) is 0 Å². The van der Waals surface area contributed by atoms with Crippen LogP contribution in [-0.4, -0.2) is 33.8 Å². The van der Waals surface area contributed by atoms with E-state index in [2.05, 4.69) is 20.3 Å². The summed E-state index contributed by atoms with van der Waals surface area (Å²) in [5.41, 5.74) is 5.30. The number of carboxylic acid groups (broad SMARTS) is 1. The van der Waals surface area contributed by atoms with Crippen molar-refractivity contribution in [2.75, 3.05) is 12.3 Å². The number of nitrogens with two attached hydrogens (primary N) is 1. The number of anilines is 1. The molecule has 0 aliphatic carbocycles. The third kappa shape index (κ3) is 4.49. The average molecular weight is 242 g/mol. The van der Waals surface area contributed by atoms with Crippen LogP contribution in [0.3, 0.4) is 0 Å². The van der Waals surface area contributed by atoms with E-state index in [-0.39, 0.29) is 17.9 Å². The van der Waals surface area contributed by atoms with Gasteiger partial charge in [-0.25, -0.2) is 4.63 Å². The van der Waals surface area contributed by atoms with E-state index in [0.717, 1.165) is 6.42 Å². The lowest BCUT2D eigenvalue weighted by molar-refractivity contribution is -0.137. The molecule has 94 valence electrons. The summed E-state index contributed by atoms with van der Waals surface area (Å²) in [5, 5.41) is 17.6. The summed E-state index contributed by atoms with van der Waals surface area (Å²) in [4.78, 5) is 21.6. The number of amides is 1. The number of carbonyl (C=O) groups excluding carboxylic acids is 1. The average Bonchev–Trinajstić information content (AvgIpc) is 2.69. The van der Waals surface area contributed by atoms with Crippen LogP contribution in [0.1, 0.15) is 36.2 Å². The number of rotatable bonds is 7. The van der Waals surface area contributed by atoms with Gasteiger partial charge in [0, 0.05) is 13.0 Å². The molecule has 4 N–H and O–H groups in total. The minimum absolute atomic E-state index is 0.0319. The van der Waals surface area contributed by atoms with E-state index >= 15 is 0 Å². The molecule has 1 aromatic heterocycles. The first-order valence-corrected chi connectivity index (χ1v) is 5.19. The van der Waals surface area contributed by atoms with E-state index in [1.54, 1.807) is 0 Å². The van der Waals surface area contributed by atoms with Crippen LogP contribution < -0.4 is 11.1 Å². The number of nitrogens with zero attached hydrogens (tertiary/aromatic N) is 2. The second-order valence-corrected chi connectivity index (χ2v) is 3.46. The van der Waals surface area contributed by atoms with Crippen LogP contribution in [0.25, 0.3) is 0 Å². The van der Waals surface area contributed by atoms with E-state index in [9.17, 15) is 9.59 Å². The Morgan fingerprint density at radius 1 is 1.29 bits per heavy atom. The maximum absolute atomic E-state index is 11.4. The summed E-state index contributed by atoms with van der Waals surface area (Å²) < 4.78 is 4.29. The maximum Gasteiger partial charge on any atom is 0.303 e. The van der Waals surface area contributed by atoms with Gasteiger partial charge in [-0.15, -0.1) is 0 Å². The molecule has 0 fully saturated rings. The number of aliphatic carboxylic acids is 1. The summed E-state index contributed by atoms with van der Waals surface area (Å²) >= 11 is 0. The molecule has 1 rings (SSSR count). The van der Waals surface area contributed by atoms with Crippen molar-refractivity contribution in [3.05, 3.63) is 5.69 Å². The summed E-state index contributed by atoms with van der Waals surface area (Å²) in [6.45, 7) is 0.435. The van der Waals surface area contributed by atoms with Gasteiger partial charge in [-0.1, -0.05) is 6.42 Å². The highest BCUT2D eigenvalue weighted by Gasteiger charge is 2.14. The zero-order chi connectivity index (χ0) is 12.7. The Hall–Kier alpha value is -2.12. The lowest BCUT2D eigenvalue weighted by atomic mass is 10.2. The second-order valence-electron chi connectivity index (χ2n) is 3.46. The van der Waals surface area contributed by atoms with Gasteiger partial charge in [0.2, 0.25) is 11.5 Å². The van der Waals surface area contributed by atoms with Gasteiger partial charge in [0.25, 0.3) is 5.91 Å². The van der Waals surface area contributed by atoms with Gasteiger partial charge in [-0.2, -0.15) is 0 Å². The van der Waals surface area contributed by atoms with E-state index in [4.69, 9.17) is 10.8 Å². The normalized spacial score (nSPS) is 10.1. The molecule has 0 spiro atoms. The highest BCUT2D eigenvalue weighted by molar-refractivity contribution is 5.95. The molecule has 0 aromatic carbocycles. The molecular formula is C9H14N4O4. The minimum Gasteiger partial charge on any atom is -0.481 e. The van der Waals surface area contributed by atoms with Crippen LogP contribution in [-0.2, 0) is 4.79 Å². The van der Waals surface area contributed by atoms with Crippen LogP contribution in [0.4, 0.5) is 5.82 Å². The van der Waals surface area contributed by atoms with Crippen LogP contribution >= 0.6 is 0 Å². The lowest BCUT2D eigenvalue weighted by Crippen LogP contribution is -2.25. The Kier molecular flexibility index (Phi) is 4.92. The molecule has 0 aliphatic rings. The van der Waals surface area contributed by atoms with Crippen molar-refractivity contribution in [1.29, 1.82) is 0 Å². The second kappa shape index (κ2) is 6.46. The standard InChI is InChI=1S/C9H14N4O4/c10-8-7(12-17-13-8)9(16)11-5-3-1-2-4-6(14)15/h1-5H2,(H2,10,13)(H,11,16)(H,14,15). The molecule has 0 unspecified atom stereocenters. The fourth-order valence-electron chi connectivity index (χ4n) is 1.22. The van der Waals surface area contributed by atoms with E-state index in [1.165, 1.54) is 0 Å². The lowest BCUT2D eigenvalue weighted by Gasteiger charge is -2.02. The Morgan fingerprint density at radius 2 is 2.06 bits per heavy atom. The van der Waals surface area contributed by atoms with Crippen LogP contribution in [0.15, 0.2) is 4.63 Å². The number of unbranched alkanes of at least 4 members (excludes halogenated alkanes) is 2. The molecule has 0 radical (unpaired) electrons. The van der Waals surface area contributed by atoms with Crippen LogP contribution in [0, 0.1) is 0 Å². The molecule has 1 amide bonds. The van der Waals surface area contributed by atoms with E-state index in [1.807, 2.05) is 0 Å². The van der Waals surface area contributed by atoms with Crippen molar-refractivity contribution < 1.29 is 19.3 Å². The summed E-state index contributed by atoms with van der Waals surface area (Å²) in [5.74, 6) is -1.30. The summed E-state index contributed by atoms with van der Waals surface area (Å²) in [7, 11) is 0. The molecule has 0 saturated heterocycles. The first-order valence-electron chi connectivity index (χ1n) is 5.19.